The molecule has 3 aromatic rings. The van der Waals surface area contributed by atoms with Crippen LogP contribution in [0.4, 0.5) is 0 Å². The van der Waals surface area contributed by atoms with E-state index in [0.717, 1.165) is 40.3 Å². The Morgan fingerprint density at radius 2 is 2.07 bits per heavy atom. The topological polar surface area (TPSA) is 99.4 Å². The molecule has 0 saturated heterocycles. The number of aromatic amines is 1. The average molecular weight is 423 g/mol. The van der Waals surface area contributed by atoms with Crippen molar-refractivity contribution in [2.45, 2.75) is 62.5 Å². The van der Waals surface area contributed by atoms with Crippen LogP contribution in [0.1, 0.15) is 46.6 Å². The minimum Gasteiger partial charge on any atom is -0.360 e. The number of nitriles is 1. The lowest BCUT2D eigenvalue weighted by molar-refractivity contribution is -0.121. The van der Waals surface area contributed by atoms with Crippen LogP contribution >= 0.6 is 11.8 Å². The molecule has 2 N–H and O–H groups in total. The molecule has 1 fully saturated rings. The number of benzene rings is 1. The van der Waals surface area contributed by atoms with E-state index in [-0.39, 0.29) is 11.8 Å². The zero-order valence-electron chi connectivity index (χ0n) is 17.6. The Balaban J connectivity index is 1.60. The fourth-order valence-electron chi connectivity index (χ4n) is 3.33. The molecule has 30 heavy (non-hydrogen) atoms. The van der Waals surface area contributed by atoms with Crippen molar-refractivity contribution in [1.29, 1.82) is 5.26 Å². The Morgan fingerprint density at radius 3 is 2.73 bits per heavy atom. The van der Waals surface area contributed by atoms with Crippen molar-refractivity contribution in [3.8, 4) is 17.5 Å². The molecule has 0 aliphatic heterocycles. The molecule has 4 rings (SSSR count). The number of para-hydroxylation sites is 1. The fraction of sp³-hybridized carbons (Fsp3) is 0.455. The number of hydrogen-bond acceptors (Lipinski definition) is 5. The molecule has 156 valence electrons. The molecule has 1 aliphatic carbocycles. The first-order chi connectivity index (χ1) is 14.3. The molecule has 1 saturated carbocycles. The largest absolute Gasteiger partial charge is 0.360 e. The van der Waals surface area contributed by atoms with Gasteiger partial charge in [-0.15, -0.1) is 10.2 Å². The molecule has 1 amide bonds. The SMILES string of the molecule is CC(C)[C@](C)(C#N)NC(=O)[C@@H](C)Sc1nnc(-c2c[nH]c3ccccc23)n1C1CC1. The van der Waals surface area contributed by atoms with E-state index in [1.165, 1.54) is 11.8 Å². The molecule has 0 spiro atoms. The van der Waals surface area contributed by atoms with Crippen LogP contribution < -0.4 is 5.32 Å². The molecule has 0 unspecified atom stereocenters. The summed E-state index contributed by atoms with van der Waals surface area (Å²) in [5, 5.41) is 22.8. The second-order valence-electron chi connectivity index (χ2n) is 8.37. The highest BCUT2D eigenvalue weighted by Gasteiger charge is 2.34. The first-order valence-corrected chi connectivity index (χ1v) is 11.1. The number of nitrogens with zero attached hydrogens (tertiary/aromatic N) is 4. The first-order valence-electron chi connectivity index (χ1n) is 10.3. The third-order valence-electron chi connectivity index (χ3n) is 5.83. The minimum atomic E-state index is -0.898. The molecule has 2 atom stereocenters. The molecular formula is C22H26N6OS. The van der Waals surface area contributed by atoms with Crippen LogP contribution in [0.2, 0.25) is 0 Å². The number of carbonyl (C=O) groups is 1. The van der Waals surface area contributed by atoms with Gasteiger partial charge in [0.05, 0.1) is 11.3 Å². The number of hydrogen-bond donors (Lipinski definition) is 2. The van der Waals surface area contributed by atoms with Gasteiger partial charge in [0.25, 0.3) is 0 Å². The second kappa shape index (κ2) is 7.80. The number of H-pyrrole nitrogens is 1. The van der Waals surface area contributed by atoms with Crippen LogP contribution in [0.3, 0.4) is 0 Å². The quantitative estimate of drug-likeness (QED) is 0.553. The van der Waals surface area contributed by atoms with Gasteiger partial charge in [-0.05, 0) is 38.7 Å². The van der Waals surface area contributed by atoms with Gasteiger partial charge in [0.15, 0.2) is 11.0 Å². The predicted octanol–water partition coefficient (Wildman–Crippen LogP) is 4.30. The van der Waals surface area contributed by atoms with E-state index in [0.29, 0.717) is 6.04 Å². The summed E-state index contributed by atoms with van der Waals surface area (Å²) < 4.78 is 2.16. The molecule has 0 radical (unpaired) electrons. The Morgan fingerprint density at radius 1 is 1.33 bits per heavy atom. The third kappa shape index (κ3) is 3.70. The maximum atomic E-state index is 12.8. The molecular weight excluding hydrogens is 396 g/mol. The van der Waals surface area contributed by atoms with Gasteiger partial charge in [-0.3, -0.25) is 9.36 Å². The molecule has 7 nitrogen and oxygen atoms in total. The summed E-state index contributed by atoms with van der Waals surface area (Å²) in [4.78, 5) is 16.1. The highest BCUT2D eigenvalue weighted by Crippen LogP contribution is 2.42. The van der Waals surface area contributed by atoms with Crippen LogP contribution in [-0.2, 0) is 4.79 Å². The Kier molecular flexibility index (Phi) is 5.33. The van der Waals surface area contributed by atoms with E-state index in [1.54, 1.807) is 6.92 Å². The molecule has 1 aromatic carbocycles. The molecule has 0 bridgehead atoms. The summed E-state index contributed by atoms with van der Waals surface area (Å²) >= 11 is 1.39. The van der Waals surface area contributed by atoms with Gasteiger partial charge in [-0.2, -0.15) is 5.26 Å². The van der Waals surface area contributed by atoms with Gasteiger partial charge < -0.3 is 10.3 Å². The van der Waals surface area contributed by atoms with Crippen molar-refractivity contribution in [3.05, 3.63) is 30.5 Å². The lowest BCUT2D eigenvalue weighted by Gasteiger charge is -2.28. The van der Waals surface area contributed by atoms with Crippen LogP contribution in [0, 0.1) is 17.2 Å². The number of carbonyl (C=O) groups excluding carboxylic acids is 1. The number of nitrogens with one attached hydrogen (secondary N) is 2. The third-order valence-corrected chi connectivity index (χ3v) is 6.88. The van der Waals surface area contributed by atoms with Crippen molar-refractivity contribution in [2.24, 2.45) is 5.92 Å². The number of aromatic nitrogens is 4. The molecule has 2 aromatic heterocycles. The summed E-state index contributed by atoms with van der Waals surface area (Å²) in [7, 11) is 0. The van der Waals surface area contributed by atoms with Gasteiger partial charge in [-0.25, -0.2) is 0 Å². The summed E-state index contributed by atoms with van der Waals surface area (Å²) in [5.41, 5.74) is 1.18. The Hall–Kier alpha value is -2.79. The average Bonchev–Trinajstić information content (AvgIpc) is 3.35. The van der Waals surface area contributed by atoms with E-state index in [9.17, 15) is 10.1 Å². The van der Waals surface area contributed by atoms with Gasteiger partial charge in [0, 0.05) is 28.7 Å². The van der Waals surface area contributed by atoms with Crippen LogP contribution in [0.15, 0.2) is 35.6 Å². The standard InChI is InChI=1S/C22H26N6OS/c1-13(2)22(4,12-23)25-20(29)14(3)30-21-27-26-19(28(21)15-9-10-15)17-11-24-18-8-6-5-7-16(17)18/h5-8,11,13-15,24H,9-10H2,1-4H3,(H,25,29)/t14-,22+/m1/s1. The van der Waals surface area contributed by atoms with Crippen LogP contribution in [0.25, 0.3) is 22.3 Å². The summed E-state index contributed by atoms with van der Waals surface area (Å²) in [6.07, 6.45) is 4.14. The first kappa shape index (κ1) is 20.5. The zero-order chi connectivity index (χ0) is 21.5. The summed E-state index contributed by atoms with van der Waals surface area (Å²) in [6.45, 7) is 7.46. The Bertz CT molecular complexity index is 1120. The summed E-state index contributed by atoms with van der Waals surface area (Å²) in [6, 6.07) is 10.7. The monoisotopic (exact) mass is 422 g/mol. The Labute approximate surface area is 180 Å². The molecule has 2 heterocycles. The van der Waals surface area contributed by atoms with E-state index < -0.39 is 10.8 Å². The zero-order valence-corrected chi connectivity index (χ0v) is 18.5. The molecule has 1 aliphatic rings. The van der Waals surface area contributed by atoms with E-state index in [1.807, 2.05) is 45.2 Å². The van der Waals surface area contributed by atoms with Gasteiger partial charge in [0.1, 0.15) is 5.54 Å². The van der Waals surface area contributed by atoms with Crippen LogP contribution in [-0.4, -0.2) is 36.4 Å². The van der Waals surface area contributed by atoms with Gasteiger partial charge in [0.2, 0.25) is 5.91 Å². The van der Waals surface area contributed by atoms with Crippen molar-refractivity contribution < 1.29 is 4.79 Å². The predicted molar refractivity (Wildman–Crippen MR) is 118 cm³/mol. The van der Waals surface area contributed by atoms with Gasteiger partial charge >= 0.3 is 0 Å². The lowest BCUT2D eigenvalue weighted by atomic mass is 9.90. The smallest absolute Gasteiger partial charge is 0.234 e. The second-order valence-corrected chi connectivity index (χ2v) is 9.68. The fourth-order valence-corrected chi connectivity index (χ4v) is 4.25. The normalized spacial score (nSPS) is 16.9. The van der Waals surface area contributed by atoms with E-state index in [4.69, 9.17) is 0 Å². The van der Waals surface area contributed by atoms with Crippen molar-refractivity contribution >= 4 is 28.6 Å². The molecule has 8 heteroatoms. The van der Waals surface area contributed by atoms with Crippen LogP contribution in [0.5, 0.6) is 0 Å². The number of rotatable bonds is 7. The van der Waals surface area contributed by atoms with E-state index in [2.05, 4.69) is 37.2 Å². The highest BCUT2D eigenvalue weighted by atomic mass is 32.2. The van der Waals surface area contributed by atoms with E-state index >= 15 is 0 Å². The van der Waals surface area contributed by atoms with Crippen molar-refractivity contribution in [1.82, 2.24) is 25.1 Å². The maximum Gasteiger partial charge on any atom is 0.234 e. The number of thioether (sulfide) groups is 1. The minimum absolute atomic E-state index is 0.00671. The number of fused-ring (bicyclic) bond motifs is 1. The van der Waals surface area contributed by atoms with Crippen molar-refractivity contribution in [2.75, 3.05) is 0 Å². The highest BCUT2D eigenvalue weighted by molar-refractivity contribution is 8.00. The number of amides is 1. The summed E-state index contributed by atoms with van der Waals surface area (Å²) in [5.74, 6) is 0.665. The lowest BCUT2D eigenvalue weighted by Crippen LogP contribution is -2.51. The van der Waals surface area contributed by atoms with Gasteiger partial charge in [-0.1, -0.05) is 43.8 Å². The van der Waals surface area contributed by atoms with Crippen molar-refractivity contribution in [3.63, 3.8) is 0 Å². The maximum absolute atomic E-state index is 12.8.